The van der Waals surface area contributed by atoms with Gasteiger partial charge in [0.1, 0.15) is 0 Å². The van der Waals surface area contributed by atoms with E-state index >= 15 is 0 Å². The first kappa shape index (κ1) is 17.0. The molecule has 1 aromatic rings. The summed E-state index contributed by atoms with van der Waals surface area (Å²) in [6.07, 6.45) is 1.20. The minimum absolute atomic E-state index is 0. The molecule has 2 N–H and O–H groups in total. The van der Waals surface area contributed by atoms with Gasteiger partial charge < -0.3 is 10.2 Å². The molecule has 0 amide bonds. The number of piperidine rings is 1. The highest BCUT2D eigenvalue weighted by atomic mass is 35.5. The lowest BCUT2D eigenvalue weighted by molar-refractivity contribution is -0.137. The predicted octanol–water partition coefficient (Wildman–Crippen LogP) is 2.16. The van der Waals surface area contributed by atoms with Crippen molar-refractivity contribution in [2.75, 3.05) is 13.1 Å². The van der Waals surface area contributed by atoms with E-state index in [-0.39, 0.29) is 24.7 Å². The van der Waals surface area contributed by atoms with Gasteiger partial charge in [-0.25, -0.2) is 0 Å². The van der Waals surface area contributed by atoms with Crippen molar-refractivity contribution in [2.45, 2.75) is 31.9 Å². The van der Waals surface area contributed by atoms with Gasteiger partial charge in [0.25, 0.3) is 0 Å². The highest BCUT2D eigenvalue weighted by Gasteiger charge is 2.27. The van der Waals surface area contributed by atoms with E-state index in [4.69, 9.17) is 5.11 Å². The summed E-state index contributed by atoms with van der Waals surface area (Å²) in [5.41, 5.74) is 1.25. The number of aliphatic hydroxyl groups is 1. The molecule has 112 valence electrons. The van der Waals surface area contributed by atoms with Gasteiger partial charge >= 0.3 is 5.97 Å². The lowest BCUT2D eigenvalue weighted by Crippen LogP contribution is -2.43. The van der Waals surface area contributed by atoms with Crippen LogP contribution in [0.1, 0.15) is 24.8 Å². The van der Waals surface area contributed by atoms with Crippen LogP contribution in [0.4, 0.5) is 0 Å². The maximum Gasteiger partial charge on any atom is 0.303 e. The molecular formula is C15H22ClNO3. The van der Waals surface area contributed by atoms with E-state index in [1.807, 2.05) is 18.2 Å². The fourth-order valence-corrected chi connectivity index (χ4v) is 2.68. The molecule has 2 unspecified atom stereocenters. The second-order valence-corrected chi connectivity index (χ2v) is 5.27. The van der Waals surface area contributed by atoms with Crippen LogP contribution < -0.4 is 0 Å². The zero-order valence-corrected chi connectivity index (χ0v) is 12.3. The van der Waals surface area contributed by atoms with Crippen molar-refractivity contribution in [3.63, 3.8) is 0 Å². The van der Waals surface area contributed by atoms with Crippen LogP contribution in [0.5, 0.6) is 0 Å². The molecule has 5 heteroatoms. The van der Waals surface area contributed by atoms with Crippen LogP contribution in [0.2, 0.25) is 0 Å². The number of carboxylic acids is 1. The van der Waals surface area contributed by atoms with Crippen LogP contribution >= 0.6 is 12.4 Å². The van der Waals surface area contributed by atoms with Gasteiger partial charge in [-0.05, 0) is 30.9 Å². The average Bonchev–Trinajstić information content (AvgIpc) is 2.39. The Kier molecular flexibility index (Phi) is 6.99. The molecule has 2 rings (SSSR count). The van der Waals surface area contributed by atoms with E-state index in [0.717, 1.165) is 19.5 Å². The maximum atomic E-state index is 10.6. The molecule has 1 aromatic carbocycles. The first-order chi connectivity index (χ1) is 9.15. The van der Waals surface area contributed by atoms with Crippen LogP contribution in [0.3, 0.4) is 0 Å². The van der Waals surface area contributed by atoms with Crippen molar-refractivity contribution >= 4 is 18.4 Å². The topological polar surface area (TPSA) is 60.8 Å². The lowest BCUT2D eigenvalue weighted by atomic mass is 9.89. The molecule has 0 aromatic heterocycles. The number of benzene rings is 1. The number of β-amino-alcohol motifs (C(OH)–C–C–N with tert-alkyl or cyclic N) is 1. The third-order valence-corrected chi connectivity index (χ3v) is 3.78. The van der Waals surface area contributed by atoms with E-state index in [1.165, 1.54) is 5.56 Å². The van der Waals surface area contributed by atoms with E-state index in [2.05, 4.69) is 17.0 Å². The van der Waals surface area contributed by atoms with Gasteiger partial charge in [0.15, 0.2) is 0 Å². The van der Waals surface area contributed by atoms with Crippen LogP contribution in [0, 0.1) is 5.92 Å². The van der Waals surface area contributed by atoms with Crippen LogP contribution in [0.15, 0.2) is 30.3 Å². The van der Waals surface area contributed by atoms with E-state index in [0.29, 0.717) is 13.0 Å². The summed E-state index contributed by atoms with van der Waals surface area (Å²) in [5, 5.41) is 18.8. The third kappa shape index (κ3) is 5.12. The summed E-state index contributed by atoms with van der Waals surface area (Å²) in [5.74, 6) is -0.651. The van der Waals surface area contributed by atoms with Gasteiger partial charge in [-0.3, -0.25) is 9.69 Å². The van der Waals surface area contributed by atoms with Crippen molar-refractivity contribution < 1.29 is 15.0 Å². The molecule has 1 heterocycles. The molecular weight excluding hydrogens is 278 g/mol. The lowest BCUT2D eigenvalue weighted by Gasteiger charge is -2.35. The van der Waals surface area contributed by atoms with E-state index in [9.17, 15) is 9.90 Å². The van der Waals surface area contributed by atoms with Crippen molar-refractivity contribution in [1.29, 1.82) is 0 Å². The smallest absolute Gasteiger partial charge is 0.303 e. The SMILES string of the molecule is Cl.O=C(O)CCC1CCN(Cc2ccccc2)CC1O. The Hall–Kier alpha value is -1.10. The number of carbonyl (C=O) groups is 1. The number of halogens is 1. The van der Waals surface area contributed by atoms with E-state index < -0.39 is 12.1 Å². The van der Waals surface area contributed by atoms with Crippen LogP contribution in [0.25, 0.3) is 0 Å². The summed E-state index contributed by atoms with van der Waals surface area (Å²) in [7, 11) is 0. The fraction of sp³-hybridized carbons (Fsp3) is 0.533. The van der Waals surface area contributed by atoms with Gasteiger partial charge in [-0.2, -0.15) is 0 Å². The molecule has 2 atom stereocenters. The third-order valence-electron chi connectivity index (χ3n) is 3.78. The van der Waals surface area contributed by atoms with Crippen molar-refractivity contribution in [2.24, 2.45) is 5.92 Å². The van der Waals surface area contributed by atoms with Gasteiger partial charge in [0, 0.05) is 19.5 Å². The Morgan fingerprint density at radius 3 is 2.60 bits per heavy atom. The maximum absolute atomic E-state index is 10.6. The number of likely N-dealkylation sites (tertiary alicyclic amines) is 1. The Morgan fingerprint density at radius 2 is 2.00 bits per heavy atom. The van der Waals surface area contributed by atoms with Crippen LogP contribution in [-0.4, -0.2) is 40.3 Å². The quantitative estimate of drug-likeness (QED) is 0.875. The normalized spacial score (nSPS) is 23.1. The largest absolute Gasteiger partial charge is 0.481 e. The molecule has 0 saturated carbocycles. The second kappa shape index (κ2) is 8.25. The molecule has 20 heavy (non-hydrogen) atoms. The number of rotatable bonds is 5. The van der Waals surface area contributed by atoms with Crippen molar-refractivity contribution in [1.82, 2.24) is 4.90 Å². The molecule has 1 aliphatic rings. The Morgan fingerprint density at radius 1 is 1.30 bits per heavy atom. The highest BCUT2D eigenvalue weighted by Crippen LogP contribution is 2.23. The number of aliphatic hydroxyl groups excluding tert-OH is 1. The fourth-order valence-electron chi connectivity index (χ4n) is 2.68. The zero-order chi connectivity index (χ0) is 13.7. The summed E-state index contributed by atoms with van der Waals surface area (Å²) >= 11 is 0. The number of carboxylic acid groups (broad SMARTS) is 1. The summed E-state index contributed by atoms with van der Waals surface area (Å²) in [6.45, 7) is 2.42. The molecule has 0 aliphatic carbocycles. The summed E-state index contributed by atoms with van der Waals surface area (Å²) in [4.78, 5) is 12.8. The zero-order valence-electron chi connectivity index (χ0n) is 11.4. The number of nitrogens with zero attached hydrogens (tertiary/aromatic N) is 1. The molecule has 1 saturated heterocycles. The van der Waals surface area contributed by atoms with Gasteiger partial charge in [-0.15, -0.1) is 12.4 Å². The second-order valence-electron chi connectivity index (χ2n) is 5.27. The molecule has 1 fully saturated rings. The van der Waals surface area contributed by atoms with Gasteiger partial charge in [0.2, 0.25) is 0 Å². The minimum atomic E-state index is -0.779. The average molecular weight is 300 g/mol. The molecule has 0 radical (unpaired) electrons. The van der Waals surface area contributed by atoms with E-state index in [1.54, 1.807) is 0 Å². The monoisotopic (exact) mass is 299 g/mol. The predicted molar refractivity (Wildman–Crippen MR) is 80.0 cm³/mol. The minimum Gasteiger partial charge on any atom is -0.481 e. The first-order valence-corrected chi connectivity index (χ1v) is 6.81. The number of hydrogen-bond acceptors (Lipinski definition) is 3. The summed E-state index contributed by atoms with van der Waals surface area (Å²) < 4.78 is 0. The highest BCUT2D eigenvalue weighted by molar-refractivity contribution is 5.85. The van der Waals surface area contributed by atoms with Crippen LogP contribution in [-0.2, 0) is 11.3 Å². The van der Waals surface area contributed by atoms with Crippen molar-refractivity contribution in [3.05, 3.63) is 35.9 Å². The molecule has 0 bridgehead atoms. The standard InChI is InChI=1S/C15H21NO3.ClH/c17-14-11-16(10-12-4-2-1-3-5-12)9-8-13(14)6-7-15(18)19;/h1-5,13-14,17H,6-11H2,(H,18,19);1H. The van der Waals surface area contributed by atoms with Gasteiger partial charge in [0.05, 0.1) is 6.10 Å². The number of aliphatic carboxylic acids is 1. The molecule has 1 aliphatic heterocycles. The molecule has 4 nitrogen and oxygen atoms in total. The Balaban J connectivity index is 0.00000200. The number of hydrogen-bond donors (Lipinski definition) is 2. The molecule has 0 spiro atoms. The summed E-state index contributed by atoms with van der Waals surface area (Å²) in [6, 6.07) is 10.2. The Bertz CT molecular complexity index is 413. The van der Waals surface area contributed by atoms with Gasteiger partial charge in [-0.1, -0.05) is 30.3 Å². The first-order valence-electron chi connectivity index (χ1n) is 6.81. The Labute approximate surface area is 125 Å². The van der Waals surface area contributed by atoms with Crippen molar-refractivity contribution in [3.8, 4) is 0 Å².